The lowest BCUT2D eigenvalue weighted by Crippen LogP contribution is -2.31. The summed E-state index contributed by atoms with van der Waals surface area (Å²) >= 11 is 0. The summed E-state index contributed by atoms with van der Waals surface area (Å²) in [5.74, 6) is -0.916. The SMILES string of the molecule is C=CCC(=O)N(CCCC(=O)O)c1ccccc1. The quantitative estimate of drug-likeness (QED) is 0.753. The third-order valence-electron chi connectivity index (χ3n) is 2.46. The van der Waals surface area contributed by atoms with E-state index in [0.717, 1.165) is 5.69 Å². The van der Waals surface area contributed by atoms with Crippen LogP contribution in [0.2, 0.25) is 0 Å². The van der Waals surface area contributed by atoms with Gasteiger partial charge in [-0.05, 0) is 18.6 Å². The molecule has 0 aliphatic carbocycles. The van der Waals surface area contributed by atoms with Crippen molar-refractivity contribution in [2.45, 2.75) is 19.3 Å². The molecule has 1 rings (SSSR count). The highest BCUT2D eigenvalue weighted by Crippen LogP contribution is 2.15. The zero-order valence-corrected chi connectivity index (χ0v) is 10.2. The van der Waals surface area contributed by atoms with Crippen molar-refractivity contribution in [3.8, 4) is 0 Å². The number of carbonyl (C=O) groups is 2. The first-order chi connectivity index (χ1) is 8.65. The minimum Gasteiger partial charge on any atom is -0.481 e. The van der Waals surface area contributed by atoms with Crippen LogP contribution in [0, 0.1) is 0 Å². The third-order valence-corrected chi connectivity index (χ3v) is 2.46. The van der Waals surface area contributed by atoms with Gasteiger partial charge in [-0.25, -0.2) is 0 Å². The molecule has 1 aromatic carbocycles. The van der Waals surface area contributed by atoms with Crippen LogP contribution in [0.1, 0.15) is 19.3 Å². The Morgan fingerprint density at radius 2 is 1.94 bits per heavy atom. The highest BCUT2D eigenvalue weighted by molar-refractivity contribution is 5.94. The number of anilines is 1. The van der Waals surface area contributed by atoms with Crippen molar-refractivity contribution in [1.82, 2.24) is 0 Å². The Hall–Kier alpha value is -2.10. The second kappa shape index (κ2) is 7.27. The first-order valence-electron chi connectivity index (χ1n) is 5.83. The predicted molar refractivity (Wildman–Crippen MR) is 70.5 cm³/mol. The third kappa shape index (κ3) is 4.41. The summed E-state index contributed by atoms with van der Waals surface area (Å²) in [5.41, 5.74) is 0.787. The van der Waals surface area contributed by atoms with E-state index >= 15 is 0 Å². The monoisotopic (exact) mass is 247 g/mol. The molecule has 1 aromatic rings. The number of hydrogen-bond acceptors (Lipinski definition) is 2. The van der Waals surface area contributed by atoms with Gasteiger partial charge in [-0.3, -0.25) is 9.59 Å². The molecule has 0 spiro atoms. The predicted octanol–water partition coefficient (Wildman–Crippen LogP) is 2.46. The van der Waals surface area contributed by atoms with Crippen molar-refractivity contribution in [3.05, 3.63) is 43.0 Å². The van der Waals surface area contributed by atoms with Gasteiger partial charge in [0.15, 0.2) is 0 Å². The minimum absolute atomic E-state index is 0.0602. The summed E-state index contributed by atoms with van der Waals surface area (Å²) in [6.07, 6.45) is 2.30. The van der Waals surface area contributed by atoms with Crippen LogP contribution in [0.15, 0.2) is 43.0 Å². The van der Waals surface area contributed by atoms with E-state index in [0.29, 0.717) is 13.0 Å². The van der Waals surface area contributed by atoms with E-state index in [2.05, 4.69) is 6.58 Å². The lowest BCUT2D eigenvalue weighted by atomic mass is 10.2. The van der Waals surface area contributed by atoms with Gasteiger partial charge < -0.3 is 10.0 Å². The number of para-hydroxylation sites is 1. The Labute approximate surface area is 107 Å². The molecule has 18 heavy (non-hydrogen) atoms. The van der Waals surface area contributed by atoms with Crippen molar-refractivity contribution in [2.24, 2.45) is 0 Å². The van der Waals surface area contributed by atoms with E-state index in [4.69, 9.17) is 5.11 Å². The van der Waals surface area contributed by atoms with Crippen molar-refractivity contribution in [1.29, 1.82) is 0 Å². The Morgan fingerprint density at radius 1 is 1.28 bits per heavy atom. The largest absolute Gasteiger partial charge is 0.481 e. The molecule has 0 saturated carbocycles. The summed E-state index contributed by atoms with van der Waals surface area (Å²) < 4.78 is 0. The fourth-order valence-corrected chi connectivity index (χ4v) is 1.63. The summed E-state index contributed by atoms with van der Waals surface area (Å²) in [4.78, 5) is 24.0. The molecule has 96 valence electrons. The molecular formula is C14H17NO3. The zero-order valence-electron chi connectivity index (χ0n) is 10.2. The zero-order chi connectivity index (χ0) is 13.4. The van der Waals surface area contributed by atoms with Crippen LogP contribution in [0.5, 0.6) is 0 Å². The van der Waals surface area contributed by atoms with Crippen molar-refractivity contribution < 1.29 is 14.7 Å². The summed E-state index contributed by atoms with van der Waals surface area (Å²) in [6.45, 7) is 3.95. The topological polar surface area (TPSA) is 57.6 Å². The average Bonchev–Trinajstić information content (AvgIpc) is 2.35. The van der Waals surface area contributed by atoms with Crippen LogP contribution in [-0.4, -0.2) is 23.5 Å². The molecule has 0 aromatic heterocycles. The summed E-state index contributed by atoms with van der Waals surface area (Å²) in [7, 11) is 0. The number of carboxylic acid groups (broad SMARTS) is 1. The smallest absolute Gasteiger partial charge is 0.303 e. The number of hydrogen-bond donors (Lipinski definition) is 1. The number of amides is 1. The van der Waals surface area contributed by atoms with Gasteiger partial charge in [0.2, 0.25) is 5.91 Å². The van der Waals surface area contributed by atoms with Gasteiger partial charge in [-0.2, -0.15) is 0 Å². The van der Waals surface area contributed by atoms with E-state index in [1.54, 1.807) is 11.0 Å². The van der Waals surface area contributed by atoms with Crippen LogP contribution in [0.25, 0.3) is 0 Å². The number of aliphatic carboxylic acids is 1. The normalized spacial score (nSPS) is 9.78. The van der Waals surface area contributed by atoms with Crippen LogP contribution in [0.3, 0.4) is 0 Å². The Morgan fingerprint density at radius 3 is 2.50 bits per heavy atom. The summed E-state index contributed by atoms with van der Waals surface area (Å²) in [6, 6.07) is 9.24. The van der Waals surface area contributed by atoms with Crippen molar-refractivity contribution in [3.63, 3.8) is 0 Å². The molecule has 0 bridgehead atoms. The van der Waals surface area contributed by atoms with Gasteiger partial charge in [-0.1, -0.05) is 24.3 Å². The second-order valence-corrected chi connectivity index (χ2v) is 3.87. The molecule has 0 unspecified atom stereocenters. The maximum absolute atomic E-state index is 11.9. The molecule has 0 radical (unpaired) electrons. The number of nitrogens with zero attached hydrogens (tertiary/aromatic N) is 1. The minimum atomic E-state index is -0.848. The van der Waals surface area contributed by atoms with Gasteiger partial charge >= 0.3 is 5.97 Å². The molecule has 4 nitrogen and oxygen atoms in total. The van der Waals surface area contributed by atoms with Crippen LogP contribution in [-0.2, 0) is 9.59 Å². The number of benzene rings is 1. The van der Waals surface area contributed by atoms with Gasteiger partial charge in [0.05, 0.1) is 0 Å². The number of rotatable bonds is 7. The lowest BCUT2D eigenvalue weighted by molar-refractivity contribution is -0.137. The van der Waals surface area contributed by atoms with Gasteiger partial charge in [0.1, 0.15) is 0 Å². The highest BCUT2D eigenvalue weighted by Gasteiger charge is 2.14. The Bertz CT molecular complexity index is 414. The second-order valence-electron chi connectivity index (χ2n) is 3.87. The highest BCUT2D eigenvalue weighted by atomic mass is 16.4. The molecule has 1 amide bonds. The maximum atomic E-state index is 11.9. The van der Waals surface area contributed by atoms with E-state index in [-0.39, 0.29) is 18.7 Å². The number of carbonyl (C=O) groups excluding carboxylic acids is 1. The standard InChI is InChI=1S/C14H17NO3/c1-2-7-13(16)15(11-6-10-14(17)18)12-8-4-3-5-9-12/h2-5,8-9H,1,6-7,10-11H2,(H,17,18). The first kappa shape index (κ1) is 14.0. The molecule has 0 atom stereocenters. The first-order valence-corrected chi connectivity index (χ1v) is 5.83. The number of carboxylic acids is 1. The molecule has 0 saturated heterocycles. The molecule has 0 heterocycles. The fraction of sp³-hybridized carbons (Fsp3) is 0.286. The van der Waals surface area contributed by atoms with Crippen LogP contribution in [0.4, 0.5) is 5.69 Å². The lowest BCUT2D eigenvalue weighted by Gasteiger charge is -2.22. The van der Waals surface area contributed by atoms with Gasteiger partial charge in [0.25, 0.3) is 0 Å². The van der Waals surface area contributed by atoms with Crippen molar-refractivity contribution >= 4 is 17.6 Å². The van der Waals surface area contributed by atoms with E-state index in [9.17, 15) is 9.59 Å². The molecule has 4 heteroatoms. The average molecular weight is 247 g/mol. The van der Waals surface area contributed by atoms with Gasteiger partial charge in [0, 0.05) is 25.1 Å². The molecule has 0 aliphatic heterocycles. The van der Waals surface area contributed by atoms with Crippen LogP contribution >= 0.6 is 0 Å². The van der Waals surface area contributed by atoms with Gasteiger partial charge in [-0.15, -0.1) is 6.58 Å². The van der Waals surface area contributed by atoms with E-state index in [1.165, 1.54) is 0 Å². The molecule has 1 N–H and O–H groups in total. The Balaban J connectivity index is 2.72. The molecule has 0 fully saturated rings. The van der Waals surface area contributed by atoms with E-state index < -0.39 is 5.97 Å². The molecular weight excluding hydrogens is 230 g/mol. The fourth-order valence-electron chi connectivity index (χ4n) is 1.63. The van der Waals surface area contributed by atoms with E-state index in [1.807, 2.05) is 30.3 Å². The maximum Gasteiger partial charge on any atom is 0.303 e. The summed E-state index contributed by atoms with van der Waals surface area (Å²) in [5, 5.41) is 8.62. The molecule has 0 aliphatic rings. The Kier molecular flexibility index (Phi) is 5.64. The van der Waals surface area contributed by atoms with Crippen LogP contribution < -0.4 is 4.90 Å². The van der Waals surface area contributed by atoms with Crippen molar-refractivity contribution in [2.75, 3.05) is 11.4 Å².